The zero-order chi connectivity index (χ0) is 20.5. The van der Waals surface area contributed by atoms with Crippen molar-refractivity contribution in [3.8, 4) is 0 Å². The summed E-state index contributed by atoms with van der Waals surface area (Å²) in [5, 5.41) is 10.7. The highest BCUT2D eigenvalue weighted by Crippen LogP contribution is 2.34. The fourth-order valence-electron chi connectivity index (χ4n) is 3.22. The van der Waals surface area contributed by atoms with E-state index in [4.69, 9.17) is 28.9 Å². The molecular weight excluding hydrogens is 428 g/mol. The maximum Gasteiger partial charge on any atom is 0.323 e. The summed E-state index contributed by atoms with van der Waals surface area (Å²) in [5.41, 5.74) is 3.02. The molecule has 0 atom stereocenters. The van der Waals surface area contributed by atoms with Crippen LogP contribution < -0.4 is 0 Å². The van der Waals surface area contributed by atoms with Gasteiger partial charge in [0.2, 0.25) is 0 Å². The van der Waals surface area contributed by atoms with E-state index in [1.165, 1.54) is 0 Å². The molecular formula is C21H15ClN2O3S2. The van der Waals surface area contributed by atoms with Crippen molar-refractivity contribution >= 4 is 68.8 Å². The first-order chi connectivity index (χ1) is 13.9. The Kier molecular flexibility index (Phi) is 5.45. The number of aliphatic carboxylic acids is 1. The Labute approximate surface area is 181 Å². The van der Waals surface area contributed by atoms with Crippen LogP contribution in [0.2, 0.25) is 5.02 Å². The molecule has 1 aromatic heterocycles. The van der Waals surface area contributed by atoms with Crippen LogP contribution >= 0.6 is 35.6 Å². The van der Waals surface area contributed by atoms with Gasteiger partial charge in [-0.3, -0.25) is 14.5 Å². The summed E-state index contributed by atoms with van der Waals surface area (Å²) in [5.74, 6) is -1.47. The third-order valence-electron chi connectivity index (χ3n) is 4.54. The van der Waals surface area contributed by atoms with E-state index in [2.05, 4.69) is 4.57 Å². The van der Waals surface area contributed by atoms with E-state index in [1.807, 2.05) is 54.7 Å². The number of thioether (sulfide) groups is 1. The molecule has 1 amide bonds. The van der Waals surface area contributed by atoms with Gasteiger partial charge in [0.05, 0.1) is 4.91 Å². The van der Waals surface area contributed by atoms with Crippen molar-refractivity contribution in [2.45, 2.75) is 6.54 Å². The number of benzene rings is 2. The van der Waals surface area contributed by atoms with E-state index in [-0.39, 0.29) is 10.2 Å². The average molecular weight is 443 g/mol. The molecule has 2 heterocycles. The number of carbonyl (C=O) groups is 2. The van der Waals surface area contributed by atoms with Crippen molar-refractivity contribution in [3.63, 3.8) is 0 Å². The van der Waals surface area contributed by atoms with Crippen LogP contribution in [0.5, 0.6) is 0 Å². The lowest BCUT2D eigenvalue weighted by Gasteiger charge is -2.10. The Morgan fingerprint density at radius 2 is 1.90 bits per heavy atom. The van der Waals surface area contributed by atoms with Crippen molar-refractivity contribution in [1.29, 1.82) is 0 Å². The van der Waals surface area contributed by atoms with Crippen LogP contribution in [-0.2, 0) is 16.1 Å². The van der Waals surface area contributed by atoms with Crippen LogP contribution in [0.15, 0.2) is 59.6 Å². The highest BCUT2D eigenvalue weighted by molar-refractivity contribution is 8.26. The minimum absolute atomic E-state index is 0.258. The normalized spacial score (nSPS) is 15.6. The van der Waals surface area contributed by atoms with Crippen LogP contribution in [0, 0.1) is 0 Å². The molecule has 0 aliphatic carbocycles. The lowest BCUT2D eigenvalue weighted by atomic mass is 10.1. The number of rotatable bonds is 5. The molecule has 146 valence electrons. The Balaban J connectivity index is 1.70. The van der Waals surface area contributed by atoms with Gasteiger partial charge in [0, 0.05) is 34.2 Å². The molecule has 0 unspecified atom stereocenters. The summed E-state index contributed by atoms with van der Waals surface area (Å²) >= 11 is 12.3. The number of carbonyl (C=O) groups excluding carboxylic acids is 1. The van der Waals surface area contributed by atoms with Crippen LogP contribution in [0.4, 0.5) is 0 Å². The second kappa shape index (κ2) is 8.02. The smallest absolute Gasteiger partial charge is 0.323 e. The molecule has 4 rings (SSSR count). The maximum atomic E-state index is 12.6. The number of carboxylic acids is 1. The minimum Gasteiger partial charge on any atom is -0.480 e. The monoisotopic (exact) mass is 442 g/mol. The molecule has 1 fully saturated rings. The van der Waals surface area contributed by atoms with Crippen molar-refractivity contribution in [1.82, 2.24) is 9.47 Å². The number of nitrogens with zero attached hydrogens (tertiary/aromatic N) is 2. The van der Waals surface area contributed by atoms with E-state index in [9.17, 15) is 9.59 Å². The minimum atomic E-state index is -1.10. The first-order valence-corrected chi connectivity index (χ1v) is 10.3. The van der Waals surface area contributed by atoms with E-state index in [0.717, 1.165) is 38.7 Å². The van der Waals surface area contributed by atoms with Crippen molar-refractivity contribution in [2.24, 2.45) is 0 Å². The standard InChI is InChI=1S/C21H15ClN2O3S2/c22-15-7-5-13(6-8-15)10-23-11-14(16-3-1-2-4-17(16)23)9-18-20(27)24(12-19(25)26)21(28)29-18/h1-9,11H,10,12H2,(H,25,26)/b18-9-. The van der Waals surface area contributed by atoms with E-state index in [0.29, 0.717) is 16.5 Å². The van der Waals surface area contributed by atoms with Crippen LogP contribution in [0.3, 0.4) is 0 Å². The Bertz CT molecular complexity index is 1170. The molecule has 29 heavy (non-hydrogen) atoms. The first-order valence-electron chi connectivity index (χ1n) is 8.72. The topological polar surface area (TPSA) is 62.5 Å². The van der Waals surface area contributed by atoms with Crippen molar-refractivity contribution in [2.75, 3.05) is 6.54 Å². The SMILES string of the molecule is O=C(O)CN1C(=O)/C(=C/c2cn(Cc3ccc(Cl)cc3)c3ccccc23)SC1=S. The van der Waals surface area contributed by atoms with Gasteiger partial charge in [0.1, 0.15) is 10.9 Å². The van der Waals surface area contributed by atoms with Gasteiger partial charge < -0.3 is 9.67 Å². The molecule has 1 aliphatic rings. The van der Waals surface area contributed by atoms with Gasteiger partial charge in [0.25, 0.3) is 5.91 Å². The van der Waals surface area contributed by atoms with Gasteiger partial charge in [0.15, 0.2) is 0 Å². The lowest BCUT2D eigenvalue weighted by Crippen LogP contribution is -2.33. The number of fused-ring (bicyclic) bond motifs is 1. The quantitative estimate of drug-likeness (QED) is 0.461. The van der Waals surface area contributed by atoms with Crippen molar-refractivity contribution < 1.29 is 14.7 Å². The molecule has 5 nitrogen and oxygen atoms in total. The Morgan fingerprint density at radius 1 is 1.17 bits per heavy atom. The maximum absolute atomic E-state index is 12.6. The summed E-state index contributed by atoms with van der Waals surface area (Å²) in [7, 11) is 0. The number of para-hydroxylation sites is 1. The van der Waals surface area contributed by atoms with Gasteiger partial charge in [-0.2, -0.15) is 0 Å². The Hall–Kier alpha value is -2.61. The highest BCUT2D eigenvalue weighted by Gasteiger charge is 2.33. The summed E-state index contributed by atoms with van der Waals surface area (Å²) < 4.78 is 2.37. The number of halogens is 1. The van der Waals surface area contributed by atoms with Crippen LogP contribution in [0.25, 0.3) is 17.0 Å². The molecule has 2 aromatic carbocycles. The van der Waals surface area contributed by atoms with Crippen molar-refractivity contribution in [3.05, 3.63) is 75.8 Å². The predicted octanol–water partition coefficient (Wildman–Crippen LogP) is 4.63. The van der Waals surface area contributed by atoms with Gasteiger partial charge in [-0.05, 0) is 29.8 Å². The predicted molar refractivity (Wildman–Crippen MR) is 120 cm³/mol. The van der Waals surface area contributed by atoms with Gasteiger partial charge in [-0.25, -0.2) is 0 Å². The lowest BCUT2D eigenvalue weighted by molar-refractivity contribution is -0.140. The molecule has 0 radical (unpaired) electrons. The summed E-state index contributed by atoms with van der Waals surface area (Å²) in [4.78, 5) is 25.1. The second-order valence-electron chi connectivity index (χ2n) is 6.52. The zero-order valence-electron chi connectivity index (χ0n) is 15.0. The zero-order valence-corrected chi connectivity index (χ0v) is 17.4. The van der Waals surface area contributed by atoms with Crippen LogP contribution in [-0.4, -0.2) is 37.3 Å². The second-order valence-corrected chi connectivity index (χ2v) is 8.63. The summed E-state index contributed by atoms with van der Waals surface area (Å²) in [6.07, 6.45) is 3.77. The number of aromatic nitrogens is 1. The van der Waals surface area contributed by atoms with Gasteiger partial charge >= 0.3 is 5.97 Å². The fourth-order valence-corrected chi connectivity index (χ4v) is 4.59. The number of hydrogen-bond donors (Lipinski definition) is 1. The largest absolute Gasteiger partial charge is 0.480 e. The molecule has 0 bridgehead atoms. The fraction of sp³-hybridized carbons (Fsp3) is 0.0952. The summed E-state index contributed by atoms with van der Waals surface area (Å²) in [6, 6.07) is 15.6. The molecule has 3 aromatic rings. The van der Waals surface area contributed by atoms with E-state index < -0.39 is 12.5 Å². The molecule has 0 spiro atoms. The number of carboxylic acid groups (broad SMARTS) is 1. The molecule has 1 N–H and O–H groups in total. The molecule has 1 aliphatic heterocycles. The number of amides is 1. The first kappa shape index (κ1) is 19.7. The van der Waals surface area contributed by atoms with Gasteiger partial charge in [-0.1, -0.05) is 65.9 Å². The van der Waals surface area contributed by atoms with E-state index >= 15 is 0 Å². The highest BCUT2D eigenvalue weighted by atomic mass is 35.5. The molecule has 0 saturated carbocycles. The van der Waals surface area contributed by atoms with E-state index in [1.54, 1.807) is 6.08 Å². The Morgan fingerprint density at radius 3 is 2.62 bits per heavy atom. The third-order valence-corrected chi connectivity index (χ3v) is 6.17. The third kappa shape index (κ3) is 4.07. The number of hydrogen-bond acceptors (Lipinski definition) is 4. The number of thiocarbonyl (C=S) groups is 1. The van der Waals surface area contributed by atoms with Crippen LogP contribution in [0.1, 0.15) is 11.1 Å². The molecule has 1 saturated heterocycles. The molecule has 8 heteroatoms. The van der Waals surface area contributed by atoms with Gasteiger partial charge in [-0.15, -0.1) is 0 Å². The summed E-state index contributed by atoms with van der Waals surface area (Å²) in [6.45, 7) is 0.228. The average Bonchev–Trinajstić information content (AvgIpc) is 3.16.